The van der Waals surface area contributed by atoms with Gasteiger partial charge in [0, 0.05) is 0 Å². The molecule has 0 aromatic carbocycles. The first kappa shape index (κ1) is 7.18. The van der Waals surface area contributed by atoms with E-state index in [1.807, 2.05) is 0 Å². The number of rotatable bonds is 4. The van der Waals surface area contributed by atoms with E-state index >= 15 is 0 Å². The smallest absolute Gasteiger partial charge is 0.136 e. The Kier molecular flexibility index (Phi) is 6.34. The van der Waals surface area contributed by atoms with Gasteiger partial charge >= 0.3 is 0 Å². The van der Waals surface area contributed by atoms with Gasteiger partial charge in [0.2, 0.25) is 0 Å². The molecule has 0 aliphatic rings. The van der Waals surface area contributed by atoms with Crippen molar-refractivity contribution < 1.29 is 0 Å². The highest BCUT2D eigenvalue weighted by Crippen LogP contribution is 1.70. The summed E-state index contributed by atoms with van der Waals surface area (Å²) >= 11 is 4.70. The van der Waals surface area contributed by atoms with Crippen molar-refractivity contribution in [3.63, 3.8) is 0 Å². The van der Waals surface area contributed by atoms with Gasteiger partial charge in [-0.3, -0.25) is 5.32 Å². The monoisotopic (exact) mass is 117 g/mol. The average Bonchev–Trinajstić information content (AvgIpc) is 1.69. The first-order chi connectivity index (χ1) is 3.41. The molecule has 0 aromatic rings. The molecule has 2 heteroatoms. The molecular weight excluding hydrogens is 106 g/mol. The molecule has 0 saturated carbocycles. The Hall–Kier alpha value is 0.180. The fraction of sp³-hybridized carbons (Fsp3) is 0.800. The van der Waals surface area contributed by atoms with E-state index in [1.54, 1.807) is 0 Å². The number of hydrogen-bond donors (Lipinski definition) is 1. The summed E-state index contributed by atoms with van der Waals surface area (Å²) in [6.45, 7) is 5.45. The molecule has 0 amide bonds. The van der Waals surface area contributed by atoms with Crippen molar-refractivity contribution >= 4 is 12.6 Å². The van der Waals surface area contributed by atoms with Crippen LogP contribution in [0.25, 0.3) is 0 Å². The van der Waals surface area contributed by atoms with Crippen LogP contribution in [0, 0.1) is 6.92 Å². The lowest BCUT2D eigenvalue weighted by atomic mass is 10.5. The van der Waals surface area contributed by atoms with Crippen LogP contribution in [0.3, 0.4) is 0 Å². The molecule has 0 unspecified atom stereocenters. The molecule has 0 rings (SSSR count). The second-order valence-electron chi connectivity index (χ2n) is 1.31. The van der Waals surface area contributed by atoms with Crippen LogP contribution in [0.15, 0.2) is 0 Å². The van der Waals surface area contributed by atoms with Crippen molar-refractivity contribution in [2.45, 2.75) is 6.42 Å². The van der Waals surface area contributed by atoms with E-state index in [2.05, 4.69) is 12.2 Å². The van der Waals surface area contributed by atoms with Crippen molar-refractivity contribution in [2.75, 3.05) is 18.8 Å². The average molecular weight is 117 g/mol. The van der Waals surface area contributed by atoms with Crippen molar-refractivity contribution in [3.8, 4) is 0 Å². The largest absolute Gasteiger partial charge is 0.793 e. The molecule has 7 heavy (non-hydrogen) atoms. The Labute approximate surface area is 50.9 Å². The molecule has 0 aliphatic heterocycles. The van der Waals surface area contributed by atoms with Crippen LogP contribution in [0.2, 0.25) is 0 Å². The van der Waals surface area contributed by atoms with Crippen LogP contribution < -0.4 is 5.32 Å². The van der Waals surface area contributed by atoms with E-state index in [0.29, 0.717) is 0 Å². The molecule has 0 spiro atoms. The summed E-state index contributed by atoms with van der Waals surface area (Å²) < 4.78 is 0. The third-order valence-corrected chi connectivity index (χ3v) is 0.963. The van der Waals surface area contributed by atoms with Crippen molar-refractivity contribution in [3.05, 3.63) is 6.92 Å². The lowest BCUT2D eigenvalue weighted by Gasteiger charge is -1.99. The van der Waals surface area contributed by atoms with Crippen LogP contribution in [-0.2, 0) is 12.6 Å². The van der Waals surface area contributed by atoms with E-state index in [0.717, 1.165) is 25.3 Å². The van der Waals surface area contributed by atoms with E-state index in [-0.39, 0.29) is 0 Å². The second kappa shape index (κ2) is 6.18. The normalized spacial score (nSPS) is 9.29. The minimum Gasteiger partial charge on any atom is -0.793 e. The zero-order chi connectivity index (χ0) is 5.54. The topological polar surface area (TPSA) is 12.0 Å². The van der Waals surface area contributed by atoms with Gasteiger partial charge in [0.05, 0.1) is 6.92 Å². The SMILES string of the molecule is [CH2+]CNCCC[S-]. The van der Waals surface area contributed by atoms with E-state index in [9.17, 15) is 0 Å². The van der Waals surface area contributed by atoms with Crippen LogP contribution in [0.5, 0.6) is 0 Å². The molecule has 42 valence electrons. The van der Waals surface area contributed by atoms with E-state index in [4.69, 9.17) is 12.6 Å². The van der Waals surface area contributed by atoms with Gasteiger partial charge in [-0.1, -0.05) is 6.42 Å². The summed E-state index contributed by atoms with van der Waals surface area (Å²) in [5, 5.41) is 3.07. The minimum absolute atomic E-state index is 0.815. The third-order valence-electron chi connectivity index (χ3n) is 0.675. The number of hydrogen-bond acceptors (Lipinski definition) is 2. The maximum atomic E-state index is 4.70. The Bertz CT molecular complexity index is 27.3. The molecule has 0 aliphatic carbocycles. The van der Waals surface area contributed by atoms with Crippen LogP contribution in [0.4, 0.5) is 0 Å². The van der Waals surface area contributed by atoms with E-state index < -0.39 is 0 Å². The Morgan fingerprint density at radius 3 is 2.71 bits per heavy atom. The lowest BCUT2D eigenvalue weighted by molar-refractivity contribution is 0.733. The highest BCUT2D eigenvalue weighted by atomic mass is 32.1. The fourth-order valence-corrected chi connectivity index (χ4v) is 0.467. The van der Waals surface area contributed by atoms with Gasteiger partial charge in [-0.2, -0.15) is 5.75 Å². The zero-order valence-corrected chi connectivity index (χ0v) is 5.26. The highest BCUT2D eigenvalue weighted by molar-refractivity contribution is 7.58. The van der Waals surface area contributed by atoms with Crippen LogP contribution in [-0.4, -0.2) is 18.8 Å². The van der Waals surface area contributed by atoms with Crippen molar-refractivity contribution in [1.29, 1.82) is 0 Å². The van der Waals surface area contributed by atoms with Gasteiger partial charge in [0.1, 0.15) is 6.54 Å². The van der Waals surface area contributed by atoms with Crippen LogP contribution >= 0.6 is 0 Å². The summed E-state index contributed by atoms with van der Waals surface area (Å²) in [5.41, 5.74) is 0. The summed E-state index contributed by atoms with van der Waals surface area (Å²) in [4.78, 5) is 0. The molecule has 0 fully saturated rings. The molecule has 0 bridgehead atoms. The fourth-order valence-electron chi connectivity index (χ4n) is 0.322. The molecule has 0 saturated heterocycles. The maximum Gasteiger partial charge on any atom is 0.136 e. The van der Waals surface area contributed by atoms with Gasteiger partial charge < -0.3 is 12.6 Å². The highest BCUT2D eigenvalue weighted by Gasteiger charge is 1.77. The van der Waals surface area contributed by atoms with Gasteiger partial charge in [-0.25, -0.2) is 0 Å². The van der Waals surface area contributed by atoms with Crippen LogP contribution in [0.1, 0.15) is 6.42 Å². The summed E-state index contributed by atoms with van der Waals surface area (Å²) in [5.74, 6) is 0.854. The first-order valence-corrected chi connectivity index (χ1v) is 3.07. The third kappa shape index (κ3) is 6.18. The zero-order valence-electron chi connectivity index (χ0n) is 4.44. The predicted octanol–water partition coefficient (Wildman–Crippen LogP) is 0.347. The summed E-state index contributed by atoms with van der Waals surface area (Å²) in [7, 11) is 0. The first-order valence-electron chi connectivity index (χ1n) is 2.50. The maximum absolute atomic E-state index is 4.70. The summed E-state index contributed by atoms with van der Waals surface area (Å²) in [6.07, 6.45) is 1.09. The molecule has 0 aromatic heterocycles. The second-order valence-corrected chi connectivity index (χ2v) is 1.72. The van der Waals surface area contributed by atoms with Gasteiger partial charge in [-0.05, 0) is 6.54 Å². The van der Waals surface area contributed by atoms with Gasteiger partial charge in [0.15, 0.2) is 0 Å². The summed E-state index contributed by atoms with van der Waals surface area (Å²) in [6, 6.07) is 0. The standard InChI is InChI=1S/C5H11NS/c1-2-6-4-3-5-7/h6H,1-5H2. The molecule has 1 N–H and O–H groups in total. The Morgan fingerprint density at radius 2 is 2.29 bits per heavy atom. The predicted molar refractivity (Wildman–Crippen MR) is 35.1 cm³/mol. The van der Waals surface area contributed by atoms with Gasteiger partial charge in [0.25, 0.3) is 0 Å². The Balaban J connectivity index is 2.45. The number of nitrogens with one attached hydrogen (secondary N) is 1. The van der Waals surface area contributed by atoms with E-state index in [1.165, 1.54) is 0 Å². The molecule has 1 nitrogen and oxygen atoms in total. The van der Waals surface area contributed by atoms with Crippen molar-refractivity contribution in [1.82, 2.24) is 5.32 Å². The molecule has 0 heterocycles. The lowest BCUT2D eigenvalue weighted by Crippen LogP contribution is -2.14. The molecule has 0 radical (unpaired) electrons. The molecular formula is C5H11NS. The van der Waals surface area contributed by atoms with Crippen molar-refractivity contribution in [2.24, 2.45) is 0 Å². The Morgan fingerprint density at radius 1 is 1.57 bits per heavy atom. The molecule has 0 atom stereocenters. The quantitative estimate of drug-likeness (QED) is 0.324. The minimum atomic E-state index is 0.815. The van der Waals surface area contributed by atoms with Gasteiger partial charge in [-0.15, -0.1) is 0 Å².